The van der Waals surface area contributed by atoms with E-state index in [1.807, 2.05) is 22.9 Å². The predicted molar refractivity (Wildman–Crippen MR) is 128 cm³/mol. The number of hydrogen-bond acceptors (Lipinski definition) is 7. The van der Waals surface area contributed by atoms with Crippen LogP contribution in [-0.2, 0) is 23.4 Å². The minimum atomic E-state index is -0.174. The fourth-order valence-corrected chi connectivity index (χ4v) is 4.18. The summed E-state index contributed by atoms with van der Waals surface area (Å²) >= 11 is 0. The van der Waals surface area contributed by atoms with Crippen molar-refractivity contribution in [2.45, 2.75) is 52.7 Å². The fraction of sp³-hybridized carbons (Fsp3) is 0.583. The molecular formula is C24H35N7O2. The molecule has 33 heavy (non-hydrogen) atoms. The van der Waals surface area contributed by atoms with Crippen LogP contribution in [0, 0.1) is 6.92 Å². The van der Waals surface area contributed by atoms with Crippen LogP contribution in [0.5, 0.6) is 0 Å². The third kappa shape index (κ3) is 5.66. The maximum Gasteiger partial charge on any atom is 0.252 e. The fourth-order valence-electron chi connectivity index (χ4n) is 4.18. The van der Waals surface area contributed by atoms with E-state index in [0.717, 1.165) is 68.1 Å². The molecule has 0 bridgehead atoms. The monoisotopic (exact) mass is 453 g/mol. The molecule has 1 aliphatic rings. The number of nitrogens with one attached hydrogen (secondary N) is 1. The summed E-state index contributed by atoms with van der Waals surface area (Å²) in [6, 6.07) is 8.11. The van der Waals surface area contributed by atoms with Gasteiger partial charge in [0.2, 0.25) is 0 Å². The quantitative estimate of drug-likeness (QED) is 0.531. The van der Waals surface area contributed by atoms with Gasteiger partial charge in [0.1, 0.15) is 0 Å². The van der Waals surface area contributed by atoms with Crippen molar-refractivity contribution in [3.05, 3.63) is 51.6 Å². The molecule has 9 heteroatoms. The topological polar surface area (TPSA) is 92.2 Å². The number of nitrogens with zero attached hydrogens (tertiary/aromatic N) is 6. The molecular weight excluding hydrogens is 418 g/mol. The molecule has 0 unspecified atom stereocenters. The van der Waals surface area contributed by atoms with Gasteiger partial charge in [-0.15, -0.1) is 5.10 Å². The standard InChI is InChI=1S/C24H35N7O2/c1-5-24(3,4)31-22(26-27-28-31)17-30(9-8-29-10-12-33-13-11-29)16-20-15-19-14-18(2)6-7-21(19)25-23(20)32/h6-7,14-15H,5,8-13,16-17H2,1-4H3,(H,25,32). The van der Waals surface area contributed by atoms with Gasteiger partial charge >= 0.3 is 0 Å². The maximum absolute atomic E-state index is 12.9. The Morgan fingerprint density at radius 1 is 1.18 bits per heavy atom. The Morgan fingerprint density at radius 2 is 1.97 bits per heavy atom. The largest absolute Gasteiger partial charge is 0.379 e. The lowest BCUT2D eigenvalue weighted by Crippen LogP contribution is -2.42. The van der Waals surface area contributed by atoms with E-state index in [0.29, 0.717) is 13.1 Å². The Labute approximate surface area is 194 Å². The van der Waals surface area contributed by atoms with E-state index in [9.17, 15) is 4.79 Å². The number of benzene rings is 1. The zero-order valence-electron chi connectivity index (χ0n) is 20.2. The lowest BCUT2D eigenvalue weighted by molar-refractivity contribution is 0.0321. The number of fused-ring (bicyclic) bond motifs is 1. The molecule has 0 atom stereocenters. The highest BCUT2D eigenvalue weighted by atomic mass is 16.5. The van der Waals surface area contributed by atoms with Crippen LogP contribution in [0.15, 0.2) is 29.1 Å². The zero-order chi connectivity index (χ0) is 23.4. The first-order valence-corrected chi connectivity index (χ1v) is 11.8. The lowest BCUT2D eigenvalue weighted by atomic mass is 10.0. The average molecular weight is 454 g/mol. The highest BCUT2D eigenvalue weighted by Gasteiger charge is 2.25. The number of aryl methyl sites for hydroxylation is 1. The lowest BCUT2D eigenvalue weighted by Gasteiger charge is -2.30. The number of aromatic amines is 1. The summed E-state index contributed by atoms with van der Waals surface area (Å²) in [7, 11) is 0. The second kappa shape index (κ2) is 10.1. The van der Waals surface area contributed by atoms with E-state index in [2.05, 4.69) is 64.1 Å². The van der Waals surface area contributed by atoms with Crippen LogP contribution in [0.25, 0.3) is 10.9 Å². The van der Waals surface area contributed by atoms with Crippen LogP contribution >= 0.6 is 0 Å². The van der Waals surface area contributed by atoms with Gasteiger partial charge in [0.05, 0.1) is 25.3 Å². The van der Waals surface area contributed by atoms with Gasteiger partial charge < -0.3 is 9.72 Å². The highest BCUT2D eigenvalue weighted by Crippen LogP contribution is 2.20. The van der Waals surface area contributed by atoms with Gasteiger partial charge in [-0.25, -0.2) is 4.68 Å². The van der Waals surface area contributed by atoms with E-state index < -0.39 is 0 Å². The van der Waals surface area contributed by atoms with Crippen LogP contribution in [0.4, 0.5) is 0 Å². The summed E-state index contributed by atoms with van der Waals surface area (Å²) in [5, 5.41) is 13.6. The maximum atomic E-state index is 12.9. The van der Waals surface area contributed by atoms with Crippen molar-refractivity contribution in [3.63, 3.8) is 0 Å². The molecule has 0 saturated carbocycles. The average Bonchev–Trinajstić information content (AvgIpc) is 3.28. The molecule has 3 aromatic rings. The molecule has 9 nitrogen and oxygen atoms in total. The summed E-state index contributed by atoms with van der Waals surface area (Å²) < 4.78 is 7.41. The van der Waals surface area contributed by atoms with Crippen LogP contribution in [0.3, 0.4) is 0 Å². The van der Waals surface area contributed by atoms with Crippen molar-refractivity contribution >= 4 is 10.9 Å². The summed E-state index contributed by atoms with van der Waals surface area (Å²) in [5.41, 5.74) is 2.57. The van der Waals surface area contributed by atoms with Gasteiger partial charge in [0.25, 0.3) is 5.56 Å². The molecule has 2 aromatic heterocycles. The Kier molecular flexibility index (Phi) is 7.21. The first kappa shape index (κ1) is 23.5. The molecule has 4 rings (SSSR count). The molecule has 0 amide bonds. The van der Waals surface area contributed by atoms with Crippen molar-refractivity contribution in [1.29, 1.82) is 0 Å². The van der Waals surface area contributed by atoms with Gasteiger partial charge in [0, 0.05) is 43.8 Å². The number of aromatic nitrogens is 5. The summed E-state index contributed by atoms with van der Waals surface area (Å²) in [4.78, 5) is 20.6. The molecule has 1 aromatic carbocycles. The minimum absolute atomic E-state index is 0.0452. The molecule has 178 valence electrons. The van der Waals surface area contributed by atoms with Crippen LogP contribution in [-0.4, -0.2) is 74.4 Å². The number of H-pyrrole nitrogens is 1. The number of pyridine rings is 1. The molecule has 1 saturated heterocycles. The van der Waals surface area contributed by atoms with Crippen molar-refractivity contribution in [1.82, 2.24) is 35.0 Å². The minimum Gasteiger partial charge on any atom is -0.379 e. The number of morpholine rings is 1. The Morgan fingerprint density at radius 3 is 2.73 bits per heavy atom. The second-order valence-corrected chi connectivity index (χ2v) is 9.55. The van der Waals surface area contributed by atoms with Crippen LogP contribution in [0.2, 0.25) is 0 Å². The molecule has 3 heterocycles. The number of rotatable bonds is 9. The first-order valence-electron chi connectivity index (χ1n) is 11.8. The Bertz CT molecular complexity index is 1130. The van der Waals surface area contributed by atoms with Gasteiger partial charge in [-0.3, -0.25) is 14.6 Å². The van der Waals surface area contributed by atoms with E-state index >= 15 is 0 Å². The van der Waals surface area contributed by atoms with E-state index in [1.165, 1.54) is 5.56 Å². The molecule has 0 spiro atoms. The molecule has 1 aliphatic heterocycles. The molecule has 1 N–H and O–H groups in total. The molecule has 0 radical (unpaired) electrons. The van der Waals surface area contributed by atoms with Crippen molar-refractivity contribution < 1.29 is 4.74 Å². The second-order valence-electron chi connectivity index (χ2n) is 9.55. The van der Waals surface area contributed by atoms with Crippen molar-refractivity contribution in [3.8, 4) is 0 Å². The number of hydrogen-bond donors (Lipinski definition) is 1. The van der Waals surface area contributed by atoms with Crippen molar-refractivity contribution in [2.24, 2.45) is 0 Å². The van der Waals surface area contributed by atoms with E-state index in [4.69, 9.17) is 4.74 Å². The molecule has 1 fully saturated rings. The third-order valence-electron chi connectivity index (χ3n) is 6.64. The highest BCUT2D eigenvalue weighted by molar-refractivity contribution is 5.79. The normalized spacial score (nSPS) is 15.5. The Hall–Kier alpha value is -2.62. The molecule has 0 aliphatic carbocycles. The summed E-state index contributed by atoms with van der Waals surface area (Å²) in [6.45, 7) is 14.7. The smallest absolute Gasteiger partial charge is 0.252 e. The van der Waals surface area contributed by atoms with Crippen LogP contribution in [0.1, 0.15) is 44.1 Å². The predicted octanol–water partition coefficient (Wildman–Crippen LogP) is 2.30. The SMILES string of the molecule is CCC(C)(C)n1nnnc1CN(CCN1CCOCC1)Cc1cc2cc(C)ccc2[nH]c1=O. The van der Waals surface area contributed by atoms with Crippen LogP contribution < -0.4 is 5.56 Å². The summed E-state index contributed by atoms with van der Waals surface area (Å²) in [6.07, 6.45) is 0.919. The van der Waals surface area contributed by atoms with E-state index in [1.54, 1.807) is 0 Å². The third-order valence-corrected chi connectivity index (χ3v) is 6.64. The first-order chi connectivity index (χ1) is 15.9. The number of ether oxygens (including phenoxy) is 1. The Balaban J connectivity index is 1.59. The van der Waals surface area contributed by atoms with E-state index in [-0.39, 0.29) is 11.1 Å². The number of tetrazole rings is 1. The van der Waals surface area contributed by atoms with Gasteiger partial charge in [0.15, 0.2) is 5.82 Å². The summed E-state index contributed by atoms with van der Waals surface area (Å²) in [5.74, 6) is 0.817. The van der Waals surface area contributed by atoms with Gasteiger partial charge in [-0.2, -0.15) is 0 Å². The van der Waals surface area contributed by atoms with Crippen molar-refractivity contribution in [2.75, 3.05) is 39.4 Å². The van der Waals surface area contributed by atoms with Gasteiger partial charge in [-0.05, 0) is 61.2 Å². The zero-order valence-corrected chi connectivity index (χ0v) is 20.2. The van der Waals surface area contributed by atoms with Gasteiger partial charge in [-0.1, -0.05) is 18.6 Å².